The normalized spacial score (nSPS) is 10.7. The molecular formula is C17H24O. The first-order valence-corrected chi connectivity index (χ1v) is 6.91. The fraction of sp³-hybridized carbons (Fsp3) is 0.471. The molecule has 0 saturated heterocycles. The molecule has 0 heterocycles. The van der Waals surface area contributed by atoms with Crippen molar-refractivity contribution in [3.63, 3.8) is 0 Å². The van der Waals surface area contributed by atoms with Gasteiger partial charge in [-0.1, -0.05) is 57.5 Å². The lowest BCUT2D eigenvalue weighted by Crippen LogP contribution is -2.02. The molecule has 0 spiro atoms. The Kier molecular flexibility index (Phi) is 5.84. The first kappa shape index (κ1) is 14.7. The number of Topliss-reactive ketones (excluding diaryl/α,β-unsaturated/α-hetero) is 1. The van der Waals surface area contributed by atoms with Gasteiger partial charge in [-0.05, 0) is 36.8 Å². The van der Waals surface area contributed by atoms with Gasteiger partial charge in [0.05, 0.1) is 0 Å². The zero-order valence-electron chi connectivity index (χ0n) is 11.8. The summed E-state index contributed by atoms with van der Waals surface area (Å²) in [6.07, 6.45) is 6.61. The Bertz CT molecular complexity index is 412. The molecule has 0 fully saturated rings. The molecule has 1 nitrogen and oxygen atoms in total. The Morgan fingerprint density at radius 1 is 1.28 bits per heavy atom. The molecule has 1 aromatic rings. The van der Waals surface area contributed by atoms with Gasteiger partial charge in [0.25, 0.3) is 0 Å². The smallest absolute Gasteiger partial charge is 0.160 e. The van der Waals surface area contributed by atoms with Crippen LogP contribution in [0.25, 0.3) is 6.08 Å². The highest BCUT2D eigenvalue weighted by atomic mass is 16.1. The third kappa shape index (κ3) is 3.56. The van der Waals surface area contributed by atoms with Crippen molar-refractivity contribution in [1.29, 1.82) is 0 Å². The molecule has 18 heavy (non-hydrogen) atoms. The molecule has 0 aliphatic rings. The van der Waals surface area contributed by atoms with E-state index in [1.807, 2.05) is 6.07 Å². The maximum absolute atomic E-state index is 11.5. The summed E-state index contributed by atoms with van der Waals surface area (Å²) in [7, 11) is 0. The molecule has 0 bridgehead atoms. The van der Waals surface area contributed by atoms with Crippen LogP contribution in [-0.4, -0.2) is 5.78 Å². The van der Waals surface area contributed by atoms with Crippen LogP contribution in [0.2, 0.25) is 0 Å². The Morgan fingerprint density at radius 2 is 1.89 bits per heavy atom. The molecule has 0 saturated carbocycles. The third-order valence-electron chi connectivity index (χ3n) is 3.42. The van der Waals surface area contributed by atoms with E-state index in [-0.39, 0.29) is 5.78 Å². The molecule has 98 valence electrons. The highest BCUT2D eigenvalue weighted by Gasteiger charge is 2.12. The summed E-state index contributed by atoms with van der Waals surface area (Å²) in [4.78, 5) is 11.5. The van der Waals surface area contributed by atoms with Crippen molar-refractivity contribution in [2.45, 2.75) is 52.4 Å². The maximum atomic E-state index is 11.5. The molecule has 0 amide bonds. The lowest BCUT2D eigenvalue weighted by atomic mass is 9.88. The van der Waals surface area contributed by atoms with Crippen LogP contribution in [0.5, 0.6) is 0 Å². The predicted octanol–water partition coefficient (Wildman–Crippen LogP) is 5.22. The van der Waals surface area contributed by atoms with Gasteiger partial charge < -0.3 is 0 Å². The minimum absolute atomic E-state index is 0.110. The molecule has 0 aliphatic heterocycles. The Balaban J connectivity index is 3.09. The molecule has 0 unspecified atom stereocenters. The molecule has 0 aliphatic carbocycles. The predicted molar refractivity (Wildman–Crippen MR) is 79.1 cm³/mol. The summed E-state index contributed by atoms with van der Waals surface area (Å²) in [6, 6.07) is 6.20. The van der Waals surface area contributed by atoms with Crippen LogP contribution >= 0.6 is 0 Å². The fourth-order valence-electron chi connectivity index (χ4n) is 2.50. The fourth-order valence-corrected chi connectivity index (χ4v) is 2.50. The van der Waals surface area contributed by atoms with Gasteiger partial charge in [-0.25, -0.2) is 0 Å². The second kappa shape index (κ2) is 7.15. The largest absolute Gasteiger partial charge is 0.294 e. The quantitative estimate of drug-likeness (QED) is 0.601. The van der Waals surface area contributed by atoms with E-state index in [1.165, 1.54) is 31.2 Å². The summed E-state index contributed by atoms with van der Waals surface area (Å²) < 4.78 is 0. The van der Waals surface area contributed by atoms with Crippen molar-refractivity contribution in [3.8, 4) is 0 Å². The number of ketones is 1. The molecule has 0 radical (unpaired) electrons. The number of benzene rings is 1. The zero-order valence-corrected chi connectivity index (χ0v) is 11.8. The van der Waals surface area contributed by atoms with Crippen LogP contribution in [-0.2, 0) is 0 Å². The van der Waals surface area contributed by atoms with E-state index in [2.05, 4.69) is 32.6 Å². The summed E-state index contributed by atoms with van der Waals surface area (Å²) in [5.74, 6) is 0.721. The van der Waals surface area contributed by atoms with Crippen molar-refractivity contribution >= 4 is 11.9 Å². The Labute approximate surface area is 111 Å². The zero-order chi connectivity index (χ0) is 13.5. The standard InChI is InChI=1S/C17H24O/c1-5-8-15(9-6-2)16-10-11-17(13(4)18)14(7-3)12-16/h7,10-12,15H,3,5-6,8-9H2,1-2,4H3. The number of rotatable bonds is 7. The molecule has 1 aromatic carbocycles. The van der Waals surface area contributed by atoms with E-state index < -0.39 is 0 Å². The lowest BCUT2D eigenvalue weighted by Gasteiger charge is -2.17. The van der Waals surface area contributed by atoms with Gasteiger partial charge in [0, 0.05) is 5.56 Å². The van der Waals surface area contributed by atoms with E-state index in [0.717, 1.165) is 11.1 Å². The van der Waals surface area contributed by atoms with Gasteiger partial charge in [-0.2, -0.15) is 0 Å². The van der Waals surface area contributed by atoms with E-state index >= 15 is 0 Å². The number of carbonyl (C=O) groups excluding carboxylic acids is 1. The first-order chi connectivity index (χ1) is 8.63. The van der Waals surface area contributed by atoms with Gasteiger partial charge in [-0.3, -0.25) is 4.79 Å². The molecule has 1 heteroatoms. The van der Waals surface area contributed by atoms with E-state index in [9.17, 15) is 4.79 Å². The van der Waals surface area contributed by atoms with Crippen molar-refractivity contribution < 1.29 is 4.79 Å². The van der Waals surface area contributed by atoms with Crippen LogP contribution in [0, 0.1) is 0 Å². The molecule has 0 atom stereocenters. The van der Waals surface area contributed by atoms with Crippen LogP contribution in [0.1, 0.15) is 73.9 Å². The summed E-state index contributed by atoms with van der Waals surface area (Å²) in [5, 5.41) is 0. The van der Waals surface area contributed by atoms with Gasteiger partial charge in [0.1, 0.15) is 0 Å². The minimum Gasteiger partial charge on any atom is -0.294 e. The monoisotopic (exact) mass is 244 g/mol. The second-order valence-electron chi connectivity index (χ2n) is 4.88. The molecular weight excluding hydrogens is 220 g/mol. The molecule has 0 N–H and O–H groups in total. The van der Waals surface area contributed by atoms with Crippen LogP contribution in [0.4, 0.5) is 0 Å². The summed E-state index contributed by atoms with van der Waals surface area (Å²) >= 11 is 0. The van der Waals surface area contributed by atoms with Gasteiger partial charge in [0.15, 0.2) is 5.78 Å². The van der Waals surface area contributed by atoms with Crippen molar-refractivity contribution in [2.75, 3.05) is 0 Å². The highest BCUT2D eigenvalue weighted by Crippen LogP contribution is 2.28. The van der Waals surface area contributed by atoms with Gasteiger partial charge in [-0.15, -0.1) is 0 Å². The Morgan fingerprint density at radius 3 is 2.33 bits per heavy atom. The van der Waals surface area contributed by atoms with E-state index in [1.54, 1.807) is 13.0 Å². The average molecular weight is 244 g/mol. The number of carbonyl (C=O) groups is 1. The van der Waals surface area contributed by atoms with Crippen LogP contribution < -0.4 is 0 Å². The summed E-state index contributed by atoms with van der Waals surface area (Å²) in [6.45, 7) is 9.87. The minimum atomic E-state index is 0.110. The first-order valence-electron chi connectivity index (χ1n) is 6.91. The van der Waals surface area contributed by atoms with Crippen molar-refractivity contribution in [1.82, 2.24) is 0 Å². The highest BCUT2D eigenvalue weighted by molar-refractivity contribution is 5.97. The Hall–Kier alpha value is -1.37. The number of hydrogen-bond donors (Lipinski definition) is 0. The average Bonchev–Trinajstić information content (AvgIpc) is 2.37. The van der Waals surface area contributed by atoms with Crippen molar-refractivity contribution in [2.24, 2.45) is 0 Å². The van der Waals surface area contributed by atoms with Gasteiger partial charge >= 0.3 is 0 Å². The SMILES string of the molecule is C=Cc1cc(C(CCC)CCC)ccc1C(C)=O. The molecule has 1 rings (SSSR count). The summed E-state index contributed by atoms with van der Waals surface area (Å²) in [5.41, 5.74) is 3.09. The lowest BCUT2D eigenvalue weighted by molar-refractivity contribution is 0.101. The molecule has 0 aromatic heterocycles. The number of hydrogen-bond acceptors (Lipinski definition) is 1. The van der Waals surface area contributed by atoms with Crippen LogP contribution in [0.15, 0.2) is 24.8 Å². The topological polar surface area (TPSA) is 17.1 Å². The maximum Gasteiger partial charge on any atom is 0.160 e. The third-order valence-corrected chi connectivity index (χ3v) is 3.42. The van der Waals surface area contributed by atoms with Crippen LogP contribution in [0.3, 0.4) is 0 Å². The van der Waals surface area contributed by atoms with Gasteiger partial charge in [0.2, 0.25) is 0 Å². The van der Waals surface area contributed by atoms with E-state index in [0.29, 0.717) is 5.92 Å². The van der Waals surface area contributed by atoms with E-state index in [4.69, 9.17) is 0 Å². The second-order valence-corrected chi connectivity index (χ2v) is 4.88. The van der Waals surface area contributed by atoms with Crippen molar-refractivity contribution in [3.05, 3.63) is 41.5 Å².